The molecule has 1 spiro atoms. The molecule has 0 bridgehead atoms. The van der Waals surface area contributed by atoms with Crippen LogP contribution in [-0.2, 0) is 9.47 Å². The van der Waals surface area contributed by atoms with E-state index in [1.165, 1.54) is 25.7 Å². The van der Waals surface area contributed by atoms with Gasteiger partial charge in [-0.25, -0.2) is 0 Å². The number of rotatable bonds is 0. The van der Waals surface area contributed by atoms with Gasteiger partial charge in [0.2, 0.25) is 0 Å². The largest absolute Gasteiger partial charge is 0.393 e. The Morgan fingerprint density at radius 2 is 1.76 bits per heavy atom. The molecule has 0 radical (unpaired) electrons. The van der Waals surface area contributed by atoms with E-state index in [1.807, 2.05) is 20.8 Å². The van der Waals surface area contributed by atoms with Crippen molar-refractivity contribution in [3.63, 3.8) is 0 Å². The van der Waals surface area contributed by atoms with E-state index < -0.39 is 0 Å². The van der Waals surface area contributed by atoms with Crippen molar-refractivity contribution >= 4 is 0 Å². The summed E-state index contributed by atoms with van der Waals surface area (Å²) in [6, 6.07) is 0. The Labute approximate surface area is 177 Å². The van der Waals surface area contributed by atoms with Gasteiger partial charge in [-0.3, -0.25) is 0 Å². The van der Waals surface area contributed by atoms with Crippen LogP contribution in [0.25, 0.3) is 0 Å². The average Bonchev–Trinajstić information content (AvgIpc) is 3.26. The maximum Gasteiger partial charge on any atom is 0.168 e. The maximum absolute atomic E-state index is 10.5. The standard InChI is InChI=1S/C20H30O3.C6H10/c1-19-8-6-15-14-7-9-20(22-10-11-23-20)12-13(14)2-3-16(15)17(19)4-5-18(19)21;1-5-6(2,3)4/h6,13-14,16-18,21H,2-5,7-12H2,1H3;1H,2-4H3. The number of hydrogen-bond donors (Lipinski definition) is 1. The van der Waals surface area contributed by atoms with Gasteiger partial charge in [0.25, 0.3) is 0 Å². The lowest BCUT2D eigenvalue weighted by Crippen LogP contribution is -2.47. The quantitative estimate of drug-likeness (QED) is 0.441. The van der Waals surface area contributed by atoms with E-state index in [9.17, 15) is 5.11 Å². The number of aliphatic hydroxyl groups is 1. The average molecular weight is 401 g/mol. The van der Waals surface area contributed by atoms with E-state index in [1.54, 1.807) is 5.57 Å². The van der Waals surface area contributed by atoms with Gasteiger partial charge in [0.05, 0.1) is 19.3 Å². The van der Waals surface area contributed by atoms with Crippen molar-refractivity contribution in [2.75, 3.05) is 13.2 Å². The van der Waals surface area contributed by atoms with E-state index in [0.717, 1.165) is 56.7 Å². The van der Waals surface area contributed by atoms with E-state index in [4.69, 9.17) is 15.9 Å². The van der Waals surface area contributed by atoms with E-state index in [-0.39, 0.29) is 22.7 Å². The summed E-state index contributed by atoms with van der Waals surface area (Å²) in [5, 5.41) is 10.5. The highest BCUT2D eigenvalue weighted by molar-refractivity contribution is 5.25. The topological polar surface area (TPSA) is 38.7 Å². The lowest BCUT2D eigenvalue weighted by Gasteiger charge is -2.52. The van der Waals surface area contributed by atoms with Crippen molar-refractivity contribution in [2.24, 2.45) is 34.5 Å². The van der Waals surface area contributed by atoms with E-state index in [0.29, 0.717) is 5.92 Å². The summed E-state index contributed by atoms with van der Waals surface area (Å²) in [6.07, 6.45) is 16.9. The molecule has 1 saturated heterocycles. The molecule has 4 fully saturated rings. The molecule has 0 aromatic rings. The Balaban J connectivity index is 0.000000302. The summed E-state index contributed by atoms with van der Waals surface area (Å²) in [5.74, 6) is 5.34. The van der Waals surface area contributed by atoms with Crippen LogP contribution in [0.1, 0.15) is 79.1 Å². The summed E-state index contributed by atoms with van der Waals surface area (Å²) in [7, 11) is 0. The molecule has 6 atom stereocenters. The van der Waals surface area contributed by atoms with Crippen molar-refractivity contribution < 1.29 is 14.6 Å². The predicted molar refractivity (Wildman–Crippen MR) is 116 cm³/mol. The van der Waals surface area contributed by atoms with Gasteiger partial charge in [0.1, 0.15) is 0 Å². The molecule has 6 unspecified atom stereocenters. The molecule has 0 aromatic carbocycles. The first-order valence-electron chi connectivity index (χ1n) is 11.8. The fourth-order valence-electron chi connectivity index (χ4n) is 6.86. The lowest BCUT2D eigenvalue weighted by atomic mass is 9.54. The summed E-state index contributed by atoms with van der Waals surface area (Å²) in [6.45, 7) is 9.92. The second-order valence-electron chi connectivity index (χ2n) is 11.4. The first kappa shape index (κ1) is 21.4. The Morgan fingerprint density at radius 3 is 2.41 bits per heavy atom. The van der Waals surface area contributed by atoms with E-state index in [2.05, 4.69) is 18.9 Å². The van der Waals surface area contributed by atoms with Crippen molar-refractivity contribution in [3.05, 3.63) is 11.6 Å². The van der Waals surface area contributed by atoms with Gasteiger partial charge in [-0.1, -0.05) is 18.6 Å². The van der Waals surface area contributed by atoms with Crippen LogP contribution in [0.3, 0.4) is 0 Å². The van der Waals surface area contributed by atoms with Crippen LogP contribution in [-0.4, -0.2) is 30.2 Å². The molecule has 4 aliphatic carbocycles. The van der Waals surface area contributed by atoms with Crippen LogP contribution in [0.2, 0.25) is 0 Å². The highest BCUT2D eigenvalue weighted by atomic mass is 16.7. The lowest BCUT2D eigenvalue weighted by molar-refractivity contribution is -0.196. The second-order valence-corrected chi connectivity index (χ2v) is 11.4. The van der Waals surface area contributed by atoms with Gasteiger partial charge in [-0.2, -0.15) is 0 Å². The fourth-order valence-corrected chi connectivity index (χ4v) is 6.86. The molecular formula is C26H40O3. The highest BCUT2D eigenvalue weighted by Crippen LogP contribution is 2.61. The summed E-state index contributed by atoms with van der Waals surface area (Å²) in [5.41, 5.74) is 1.97. The summed E-state index contributed by atoms with van der Waals surface area (Å²) >= 11 is 0. The summed E-state index contributed by atoms with van der Waals surface area (Å²) < 4.78 is 12.0. The SMILES string of the molecule is C#CC(C)(C)C.CC12CC=C3C4CCC5(CC4CCC3C1CCC2O)OCCO5. The fraction of sp³-hybridized carbons (Fsp3) is 0.846. The molecule has 1 aliphatic heterocycles. The molecule has 29 heavy (non-hydrogen) atoms. The van der Waals surface area contributed by atoms with Crippen molar-refractivity contribution in [1.82, 2.24) is 0 Å². The molecular weight excluding hydrogens is 360 g/mol. The van der Waals surface area contributed by atoms with Gasteiger partial charge in [-0.05, 0) is 83.0 Å². The third kappa shape index (κ3) is 3.93. The third-order valence-corrected chi connectivity index (χ3v) is 8.55. The minimum absolute atomic E-state index is 0.0694. The Morgan fingerprint density at radius 1 is 1.07 bits per heavy atom. The first-order valence-corrected chi connectivity index (χ1v) is 11.8. The van der Waals surface area contributed by atoms with Gasteiger partial charge in [0, 0.05) is 23.7 Å². The minimum atomic E-state index is -0.235. The minimum Gasteiger partial charge on any atom is -0.393 e. The molecule has 3 heteroatoms. The number of hydrogen-bond acceptors (Lipinski definition) is 3. The first-order chi connectivity index (χ1) is 13.7. The molecule has 1 heterocycles. The van der Waals surface area contributed by atoms with Crippen molar-refractivity contribution in [3.8, 4) is 12.3 Å². The Kier molecular flexibility index (Phi) is 5.69. The monoisotopic (exact) mass is 400 g/mol. The zero-order valence-electron chi connectivity index (χ0n) is 18.9. The Hall–Kier alpha value is -0.820. The van der Waals surface area contributed by atoms with Crippen molar-refractivity contribution in [2.45, 2.75) is 91.0 Å². The molecule has 3 saturated carbocycles. The van der Waals surface area contributed by atoms with Crippen LogP contribution in [0.15, 0.2) is 11.6 Å². The van der Waals surface area contributed by atoms with Gasteiger partial charge in [0.15, 0.2) is 5.79 Å². The molecule has 0 amide bonds. The van der Waals surface area contributed by atoms with Crippen LogP contribution in [0.5, 0.6) is 0 Å². The number of allylic oxidation sites excluding steroid dienone is 2. The smallest absolute Gasteiger partial charge is 0.168 e. The van der Waals surface area contributed by atoms with Gasteiger partial charge in [-0.15, -0.1) is 12.3 Å². The highest BCUT2D eigenvalue weighted by Gasteiger charge is 2.55. The molecule has 162 valence electrons. The number of ether oxygens (including phenoxy) is 2. The second kappa shape index (κ2) is 7.70. The molecule has 5 aliphatic rings. The molecule has 1 N–H and O–H groups in total. The third-order valence-electron chi connectivity index (χ3n) is 8.55. The zero-order chi connectivity index (χ0) is 20.9. The van der Waals surface area contributed by atoms with Crippen LogP contribution < -0.4 is 0 Å². The molecule has 5 rings (SSSR count). The summed E-state index contributed by atoms with van der Waals surface area (Å²) in [4.78, 5) is 0. The number of fused-ring (bicyclic) bond motifs is 5. The maximum atomic E-state index is 10.5. The van der Waals surface area contributed by atoms with Gasteiger partial charge < -0.3 is 14.6 Å². The van der Waals surface area contributed by atoms with Crippen molar-refractivity contribution in [1.29, 1.82) is 0 Å². The predicted octanol–water partition coefficient (Wildman–Crippen LogP) is 5.33. The van der Waals surface area contributed by atoms with Crippen LogP contribution in [0, 0.1) is 46.8 Å². The van der Waals surface area contributed by atoms with Gasteiger partial charge >= 0.3 is 0 Å². The van der Waals surface area contributed by atoms with E-state index >= 15 is 0 Å². The number of terminal acetylenes is 1. The Bertz CT molecular complexity index is 675. The molecule has 0 aromatic heterocycles. The van der Waals surface area contributed by atoms with Crippen LogP contribution >= 0.6 is 0 Å². The zero-order valence-corrected chi connectivity index (χ0v) is 18.9. The molecule has 3 nitrogen and oxygen atoms in total. The number of aliphatic hydroxyl groups excluding tert-OH is 1. The van der Waals surface area contributed by atoms with Crippen LogP contribution in [0.4, 0.5) is 0 Å². The normalized spacial score (nSPS) is 42.6.